The molecule has 96 valence electrons. The lowest BCUT2D eigenvalue weighted by atomic mass is 10.0. The van der Waals surface area contributed by atoms with Gasteiger partial charge in [-0.15, -0.1) is 0 Å². The molecule has 3 heteroatoms. The van der Waals surface area contributed by atoms with Crippen LogP contribution in [-0.4, -0.2) is 48.6 Å². The average Bonchev–Trinajstić information content (AvgIpc) is 2.25. The summed E-state index contributed by atoms with van der Waals surface area (Å²) in [6, 6.07) is 0.722. The van der Waals surface area contributed by atoms with Crippen molar-refractivity contribution in [2.75, 3.05) is 37.7 Å². The molecule has 1 heterocycles. The second kappa shape index (κ2) is 7.57. The Labute approximate surface area is 106 Å². The molecule has 0 amide bonds. The zero-order valence-corrected chi connectivity index (χ0v) is 12.1. The molecule has 1 atom stereocenters. The molecular weight excluding hydrogens is 216 g/mol. The van der Waals surface area contributed by atoms with Crippen LogP contribution < -0.4 is 5.32 Å². The van der Waals surface area contributed by atoms with Crippen molar-refractivity contribution in [3.05, 3.63) is 0 Å². The van der Waals surface area contributed by atoms with E-state index in [1.54, 1.807) is 0 Å². The zero-order valence-electron chi connectivity index (χ0n) is 11.3. The molecule has 0 spiro atoms. The van der Waals surface area contributed by atoms with E-state index in [1.165, 1.54) is 24.6 Å². The minimum absolute atomic E-state index is 0.722. The zero-order chi connectivity index (χ0) is 12.0. The Bertz CT molecular complexity index is 177. The van der Waals surface area contributed by atoms with Gasteiger partial charge in [0.25, 0.3) is 0 Å². The lowest BCUT2D eigenvalue weighted by molar-refractivity contribution is 0.165. The van der Waals surface area contributed by atoms with Crippen molar-refractivity contribution >= 4 is 11.8 Å². The van der Waals surface area contributed by atoms with Gasteiger partial charge in [-0.2, -0.15) is 11.8 Å². The Morgan fingerprint density at radius 2 is 1.69 bits per heavy atom. The van der Waals surface area contributed by atoms with Gasteiger partial charge < -0.3 is 5.32 Å². The van der Waals surface area contributed by atoms with Gasteiger partial charge in [-0.05, 0) is 18.4 Å². The van der Waals surface area contributed by atoms with Crippen molar-refractivity contribution in [1.82, 2.24) is 10.2 Å². The van der Waals surface area contributed by atoms with Crippen molar-refractivity contribution in [2.24, 2.45) is 11.8 Å². The van der Waals surface area contributed by atoms with Crippen LogP contribution in [0.5, 0.6) is 0 Å². The third-order valence-corrected chi connectivity index (χ3v) is 4.13. The van der Waals surface area contributed by atoms with Crippen LogP contribution in [0.1, 0.15) is 27.7 Å². The van der Waals surface area contributed by atoms with Crippen molar-refractivity contribution in [3.8, 4) is 0 Å². The van der Waals surface area contributed by atoms with E-state index in [-0.39, 0.29) is 0 Å². The van der Waals surface area contributed by atoms with Crippen molar-refractivity contribution in [3.63, 3.8) is 0 Å². The van der Waals surface area contributed by atoms with Gasteiger partial charge in [-0.1, -0.05) is 27.7 Å². The maximum absolute atomic E-state index is 3.62. The van der Waals surface area contributed by atoms with Crippen LogP contribution in [0, 0.1) is 11.8 Å². The highest BCUT2D eigenvalue weighted by Gasteiger charge is 2.23. The molecule has 1 fully saturated rings. The standard InChI is InChI=1S/C13H28N2S/c1-11(2)9-14-10-13(12(3)4)15-5-7-16-8-6-15/h11-14H,5-10H2,1-4H3. The topological polar surface area (TPSA) is 15.3 Å². The van der Waals surface area contributed by atoms with E-state index in [0.717, 1.165) is 31.0 Å². The number of hydrogen-bond donors (Lipinski definition) is 1. The Balaban J connectivity index is 2.34. The molecule has 0 aromatic carbocycles. The summed E-state index contributed by atoms with van der Waals surface area (Å²) in [5.41, 5.74) is 0. The Morgan fingerprint density at radius 3 is 2.19 bits per heavy atom. The van der Waals surface area contributed by atoms with Crippen LogP contribution in [0.4, 0.5) is 0 Å². The predicted molar refractivity (Wildman–Crippen MR) is 75.2 cm³/mol. The highest BCUT2D eigenvalue weighted by atomic mass is 32.2. The number of hydrogen-bond acceptors (Lipinski definition) is 3. The van der Waals surface area contributed by atoms with Crippen molar-refractivity contribution in [2.45, 2.75) is 33.7 Å². The molecule has 16 heavy (non-hydrogen) atoms. The summed E-state index contributed by atoms with van der Waals surface area (Å²) >= 11 is 2.09. The molecule has 0 saturated carbocycles. The smallest absolute Gasteiger partial charge is 0.0244 e. The van der Waals surface area contributed by atoms with Crippen LogP contribution in [0.25, 0.3) is 0 Å². The minimum atomic E-state index is 0.722. The van der Waals surface area contributed by atoms with Crippen LogP contribution in [-0.2, 0) is 0 Å². The van der Waals surface area contributed by atoms with E-state index in [9.17, 15) is 0 Å². The first kappa shape index (κ1) is 14.3. The fraction of sp³-hybridized carbons (Fsp3) is 1.00. The van der Waals surface area contributed by atoms with E-state index in [0.29, 0.717) is 0 Å². The highest BCUT2D eigenvalue weighted by molar-refractivity contribution is 7.99. The first-order chi connectivity index (χ1) is 7.61. The van der Waals surface area contributed by atoms with Crippen LogP contribution >= 0.6 is 11.8 Å². The Kier molecular flexibility index (Phi) is 6.78. The van der Waals surface area contributed by atoms with Crippen LogP contribution in [0.2, 0.25) is 0 Å². The fourth-order valence-electron chi connectivity index (χ4n) is 2.22. The SMILES string of the molecule is CC(C)CNCC(C(C)C)N1CCSCC1. The normalized spacial score (nSPS) is 20.6. The summed E-state index contributed by atoms with van der Waals surface area (Å²) in [5.74, 6) is 4.13. The maximum atomic E-state index is 3.62. The second-order valence-corrected chi connectivity index (χ2v) is 6.74. The second-order valence-electron chi connectivity index (χ2n) is 5.51. The average molecular weight is 244 g/mol. The first-order valence-electron chi connectivity index (χ1n) is 6.63. The van der Waals surface area contributed by atoms with Crippen molar-refractivity contribution in [1.29, 1.82) is 0 Å². The van der Waals surface area contributed by atoms with Crippen molar-refractivity contribution < 1.29 is 0 Å². The minimum Gasteiger partial charge on any atom is -0.315 e. The molecule has 0 aliphatic carbocycles. The molecule has 1 aliphatic rings. The van der Waals surface area contributed by atoms with E-state index in [1.807, 2.05) is 0 Å². The van der Waals surface area contributed by atoms with Crippen LogP contribution in [0.3, 0.4) is 0 Å². The largest absolute Gasteiger partial charge is 0.315 e. The molecule has 1 N–H and O–H groups in total. The Hall–Kier alpha value is 0.270. The first-order valence-corrected chi connectivity index (χ1v) is 7.79. The molecule has 0 aromatic heterocycles. The molecule has 0 radical (unpaired) electrons. The fourth-order valence-corrected chi connectivity index (χ4v) is 3.15. The number of thioether (sulfide) groups is 1. The van der Waals surface area contributed by atoms with Crippen LogP contribution in [0.15, 0.2) is 0 Å². The summed E-state index contributed by atoms with van der Waals surface area (Å²) in [6.45, 7) is 14.1. The number of nitrogens with one attached hydrogen (secondary N) is 1. The lowest BCUT2D eigenvalue weighted by Gasteiger charge is -2.37. The summed E-state index contributed by atoms with van der Waals surface area (Å²) in [7, 11) is 0. The highest BCUT2D eigenvalue weighted by Crippen LogP contribution is 2.16. The molecule has 1 unspecified atom stereocenters. The molecule has 0 bridgehead atoms. The molecule has 1 aliphatic heterocycles. The maximum Gasteiger partial charge on any atom is 0.0244 e. The molecule has 1 saturated heterocycles. The van der Waals surface area contributed by atoms with E-state index < -0.39 is 0 Å². The van der Waals surface area contributed by atoms with Gasteiger partial charge in [0.05, 0.1) is 0 Å². The van der Waals surface area contributed by atoms with E-state index in [4.69, 9.17) is 0 Å². The monoisotopic (exact) mass is 244 g/mol. The Morgan fingerprint density at radius 1 is 1.06 bits per heavy atom. The van der Waals surface area contributed by atoms with Gasteiger partial charge in [-0.3, -0.25) is 4.90 Å². The van der Waals surface area contributed by atoms with Gasteiger partial charge >= 0.3 is 0 Å². The summed E-state index contributed by atoms with van der Waals surface area (Å²) in [6.07, 6.45) is 0. The van der Waals surface area contributed by atoms with E-state index in [2.05, 4.69) is 49.7 Å². The van der Waals surface area contributed by atoms with Gasteiger partial charge in [-0.25, -0.2) is 0 Å². The summed E-state index contributed by atoms with van der Waals surface area (Å²) < 4.78 is 0. The third-order valence-electron chi connectivity index (χ3n) is 3.19. The molecule has 1 rings (SSSR count). The molecule has 0 aromatic rings. The number of nitrogens with zero attached hydrogens (tertiary/aromatic N) is 1. The van der Waals surface area contributed by atoms with Gasteiger partial charge in [0, 0.05) is 37.2 Å². The number of rotatable bonds is 6. The van der Waals surface area contributed by atoms with Gasteiger partial charge in [0.15, 0.2) is 0 Å². The van der Waals surface area contributed by atoms with Gasteiger partial charge in [0.2, 0.25) is 0 Å². The third kappa shape index (κ3) is 5.07. The van der Waals surface area contributed by atoms with Gasteiger partial charge in [0.1, 0.15) is 0 Å². The van der Waals surface area contributed by atoms with E-state index >= 15 is 0 Å². The molecular formula is C13H28N2S. The summed E-state index contributed by atoms with van der Waals surface area (Å²) in [5, 5.41) is 3.62. The summed E-state index contributed by atoms with van der Waals surface area (Å²) in [4.78, 5) is 2.68. The quantitative estimate of drug-likeness (QED) is 0.772. The lowest BCUT2D eigenvalue weighted by Crippen LogP contribution is -2.49. The predicted octanol–water partition coefficient (Wildman–Crippen LogP) is 2.31. The molecule has 2 nitrogen and oxygen atoms in total.